The Morgan fingerprint density at radius 2 is 2.35 bits per heavy atom. The molecule has 1 amide bonds. The summed E-state index contributed by atoms with van der Waals surface area (Å²) >= 11 is 0. The normalized spacial score (nSPS) is 14.9. The predicted molar refractivity (Wildman–Crippen MR) is 60.7 cm³/mol. The summed E-state index contributed by atoms with van der Waals surface area (Å²) in [5, 5.41) is 17.4. The molecule has 0 radical (unpaired) electrons. The van der Waals surface area contributed by atoms with Crippen LogP contribution in [0.4, 0.5) is 10.6 Å². The average Bonchev–Trinajstić information content (AvgIpc) is 2.27. The minimum absolute atomic E-state index is 0.0185. The molecule has 1 N–H and O–H groups in total. The number of carboxylic acid groups (broad SMARTS) is 1. The quantitative estimate of drug-likeness (QED) is 0.813. The van der Waals surface area contributed by atoms with E-state index in [9.17, 15) is 4.79 Å². The van der Waals surface area contributed by atoms with Crippen LogP contribution < -0.4 is 4.90 Å². The highest BCUT2D eigenvalue weighted by Gasteiger charge is 2.32. The van der Waals surface area contributed by atoms with Crippen LogP contribution in [-0.2, 0) is 0 Å². The molecule has 0 spiro atoms. The molecular formula is C11H12N4O2. The fourth-order valence-corrected chi connectivity index (χ4v) is 1.68. The highest BCUT2D eigenvalue weighted by atomic mass is 16.4. The fraction of sp³-hybridized carbons (Fsp3) is 0.364. The third-order valence-electron chi connectivity index (χ3n) is 2.91. The van der Waals surface area contributed by atoms with E-state index in [0.29, 0.717) is 18.7 Å². The van der Waals surface area contributed by atoms with Crippen LogP contribution in [0.2, 0.25) is 0 Å². The molecule has 17 heavy (non-hydrogen) atoms. The summed E-state index contributed by atoms with van der Waals surface area (Å²) in [6.07, 6.45) is 0.603. The lowest BCUT2D eigenvalue weighted by Crippen LogP contribution is -2.59. The topological polar surface area (TPSA) is 80.5 Å². The van der Waals surface area contributed by atoms with Crippen molar-refractivity contribution in [2.24, 2.45) is 0 Å². The van der Waals surface area contributed by atoms with E-state index in [1.807, 2.05) is 11.0 Å². The van der Waals surface area contributed by atoms with Gasteiger partial charge in [-0.25, -0.2) is 9.78 Å². The number of anilines is 1. The third-order valence-corrected chi connectivity index (χ3v) is 2.91. The van der Waals surface area contributed by atoms with Crippen molar-refractivity contribution in [2.45, 2.75) is 6.04 Å². The molecule has 6 heteroatoms. The second-order valence-corrected chi connectivity index (χ2v) is 3.97. The van der Waals surface area contributed by atoms with Gasteiger partial charge in [0.15, 0.2) is 0 Å². The van der Waals surface area contributed by atoms with Crippen LogP contribution in [0.5, 0.6) is 0 Å². The molecule has 0 saturated carbocycles. The minimum atomic E-state index is -0.914. The monoisotopic (exact) mass is 232 g/mol. The molecule has 0 aromatic carbocycles. The number of likely N-dealkylation sites (N-methyl/N-ethyl adjacent to an activating group) is 1. The summed E-state index contributed by atoms with van der Waals surface area (Å²) in [7, 11) is 1.57. The minimum Gasteiger partial charge on any atom is -0.465 e. The first-order chi connectivity index (χ1) is 8.11. The number of aromatic nitrogens is 1. The smallest absolute Gasteiger partial charge is 0.407 e. The number of nitriles is 1. The number of hydrogen-bond acceptors (Lipinski definition) is 4. The largest absolute Gasteiger partial charge is 0.465 e. The maximum absolute atomic E-state index is 10.7. The fourth-order valence-electron chi connectivity index (χ4n) is 1.68. The molecule has 1 aromatic heterocycles. The number of amides is 1. The van der Waals surface area contributed by atoms with Gasteiger partial charge in [0.05, 0.1) is 11.6 Å². The standard InChI is InChI=1S/C11H12N4O2/c1-14(11(16)17)9-6-15(7-9)10-3-2-8(4-12)5-13-10/h2-3,5,9H,6-7H2,1H3,(H,16,17). The Bertz CT molecular complexity index is 459. The van der Waals surface area contributed by atoms with E-state index in [-0.39, 0.29) is 6.04 Å². The van der Waals surface area contributed by atoms with Crippen LogP contribution in [-0.4, -0.2) is 47.3 Å². The Morgan fingerprint density at radius 1 is 1.65 bits per heavy atom. The van der Waals surface area contributed by atoms with Gasteiger partial charge in [0.1, 0.15) is 11.9 Å². The molecular weight excluding hydrogens is 220 g/mol. The van der Waals surface area contributed by atoms with Crippen LogP contribution in [0.1, 0.15) is 5.56 Å². The average molecular weight is 232 g/mol. The Balaban J connectivity index is 1.95. The molecule has 2 rings (SSSR count). The molecule has 88 valence electrons. The van der Waals surface area contributed by atoms with Gasteiger partial charge in [0, 0.05) is 26.3 Å². The highest BCUT2D eigenvalue weighted by molar-refractivity contribution is 5.65. The van der Waals surface area contributed by atoms with Crippen LogP contribution in [0.3, 0.4) is 0 Å². The number of nitrogens with zero attached hydrogens (tertiary/aromatic N) is 4. The van der Waals surface area contributed by atoms with Gasteiger partial charge in [0.2, 0.25) is 0 Å². The van der Waals surface area contributed by atoms with Gasteiger partial charge in [-0.05, 0) is 12.1 Å². The van der Waals surface area contributed by atoms with E-state index in [0.717, 1.165) is 5.82 Å². The first-order valence-corrected chi connectivity index (χ1v) is 5.18. The highest BCUT2D eigenvalue weighted by Crippen LogP contribution is 2.21. The van der Waals surface area contributed by atoms with Gasteiger partial charge in [-0.3, -0.25) is 0 Å². The summed E-state index contributed by atoms with van der Waals surface area (Å²) < 4.78 is 0. The lowest BCUT2D eigenvalue weighted by Gasteiger charge is -2.43. The van der Waals surface area contributed by atoms with Gasteiger partial charge < -0.3 is 14.9 Å². The van der Waals surface area contributed by atoms with Crippen LogP contribution in [0.15, 0.2) is 18.3 Å². The van der Waals surface area contributed by atoms with Crippen LogP contribution in [0.25, 0.3) is 0 Å². The number of pyridine rings is 1. The number of carbonyl (C=O) groups is 1. The molecule has 0 bridgehead atoms. The first kappa shape index (κ1) is 11.2. The van der Waals surface area contributed by atoms with Gasteiger partial charge in [-0.2, -0.15) is 5.26 Å². The number of hydrogen-bond donors (Lipinski definition) is 1. The van der Waals surface area contributed by atoms with Crippen molar-refractivity contribution < 1.29 is 9.90 Å². The molecule has 0 unspecified atom stereocenters. The summed E-state index contributed by atoms with van der Waals surface area (Å²) in [5.41, 5.74) is 0.522. The zero-order valence-electron chi connectivity index (χ0n) is 9.37. The summed E-state index contributed by atoms with van der Waals surface area (Å²) in [6.45, 7) is 1.28. The lowest BCUT2D eigenvalue weighted by molar-refractivity contribution is 0.129. The summed E-state index contributed by atoms with van der Waals surface area (Å²) in [4.78, 5) is 18.1. The maximum Gasteiger partial charge on any atom is 0.407 e. The molecule has 1 aliphatic rings. The van der Waals surface area contributed by atoms with Crippen molar-refractivity contribution in [1.29, 1.82) is 5.26 Å². The van der Waals surface area contributed by atoms with E-state index in [1.54, 1.807) is 19.2 Å². The first-order valence-electron chi connectivity index (χ1n) is 5.18. The Labute approximate surface area is 98.7 Å². The second kappa shape index (κ2) is 4.29. The van der Waals surface area contributed by atoms with Gasteiger partial charge >= 0.3 is 6.09 Å². The Morgan fingerprint density at radius 3 is 2.82 bits per heavy atom. The molecule has 1 fully saturated rings. The molecule has 1 aliphatic heterocycles. The molecule has 1 aromatic rings. The van der Waals surface area contributed by atoms with Crippen molar-refractivity contribution in [3.63, 3.8) is 0 Å². The molecule has 2 heterocycles. The summed E-state index contributed by atoms with van der Waals surface area (Å²) in [5.74, 6) is 0.777. The molecule has 1 saturated heterocycles. The zero-order chi connectivity index (χ0) is 12.4. The van der Waals surface area contributed by atoms with Crippen molar-refractivity contribution in [2.75, 3.05) is 25.0 Å². The van der Waals surface area contributed by atoms with Gasteiger partial charge in [-0.1, -0.05) is 0 Å². The van der Waals surface area contributed by atoms with Crippen LogP contribution in [0, 0.1) is 11.3 Å². The van der Waals surface area contributed by atoms with Crippen LogP contribution >= 0.6 is 0 Å². The Kier molecular flexibility index (Phi) is 2.83. The van der Waals surface area contributed by atoms with E-state index in [4.69, 9.17) is 10.4 Å². The van der Waals surface area contributed by atoms with Crippen molar-refractivity contribution in [3.05, 3.63) is 23.9 Å². The van der Waals surface area contributed by atoms with Crippen molar-refractivity contribution in [1.82, 2.24) is 9.88 Å². The van der Waals surface area contributed by atoms with Crippen molar-refractivity contribution in [3.8, 4) is 6.07 Å². The van der Waals surface area contributed by atoms with Gasteiger partial charge in [-0.15, -0.1) is 0 Å². The van der Waals surface area contributed by atoms with Crippen molar-refractivity contribution >= 4 is 11.9 Å². The lowest BCUT2D eigenvalue weighted by atomic mass is 10.1. The van der Waals surface area contributed by atoms with E-state index >= 15 is 0 Å². The maximum atomic E-state index is 10.7. The predicted octanol–water partition coefficient (Wildman–Crippen LogP) is 0.752. The molecule has 6 nitrogen and oxygen atoms in total. The summed E-state index contributed by atoms with van der Waals surface area (Å²) in [6, 6.07) is 5.50. The SMILES string of the molecule is CN(C(=O)O)C1CN(c2ccc(C#N)cn2)C1. The second-order valence-electron chi connectivity index (χ2n) is 3.97. The van der Waals surface area contributed by atoms with Gasteiger partial charge in [0.25, 0.3) is 0 Å². The van der Waals surface area contributed by atoms with E-state index in [2.05, 4.69) is 4.98 Å². The molecule has 0 aliphatic carbocycles. The number of rotatable bonds is 2. The third kappa shape index (κ3) is 2.13. The molecule has 0 atom stereocenters. The Hall–Kier alpha value is -2.29. The van der Waals surface area contributed by atoms with E-state index in [1.165, 1.54) is 11.1 Å². The zero-order valence-corrected chi connectivity index (χ0v) is 9.37. The van der Waals surface area contributed by atoms with E-state index < -0.39 is 6.09 Å².